The summed E-state index contributed by atoms with van der Waals surface area (Å²) in [5, 5.41) is 2.69. The lowest BCUT2D eigenvalue weighted by molar-refractivity contribution is 0.0956. The van der Waals surface area contributed by atoms with E-state index >= 15 is 0 Å². The zero-order valence-corrected chi connectivity index (χ0v) is 7.00. The van der Waals surface area contributed by atoms with Gasteiger partial charge in [0, 0.05) is 12.1 Å². The quantitative estimate of drug-likeness (QED) is 0.615. The van der Waals surface area contributed by atoms with Gasteiger partial charge in [-0.1, -0.05) is 23.7 Å². The highest BCUT2D eigenvalue weighted by Gasteiger charge is 2.01. The smallest absolute Gasteiger partial charge is 0.251 e. The second-order valence-corrected chi connectivity index (χ2v) is 2.48. The molecule has 0 spiro atoms. The fourth-order valence-electron chi connectivity index (χ4n) is 0.943. The van der Waals surface area contributed by atoms with Crippen LogP contribution in [0, 0.1) is 0 Å². The van der Waals surface area contributed by atoms with Gasteiger partial charge in [-0.3, -0.25) is 4.79 Å². The summed E-state index contributed by atoms with van der Waals surface area (Å²) in [6.45, 7) is 2.51. The van der Waals surface area contributed by atoms with Gasteiger partial charge in [-0.15, -0.1) is 0 Å². The van der Waals surface area contributed by atoms with E-state index in [9.17, 15) is 4.79 Å². The van der Waals surface area contributed by atoms with Gasteiger partial charge in [-0.2, -0.15) is 0 Å². The number of carbonyl (C=O) groups is 1. The van der Waals surface area contributed by atoms with E-state index in [4.69, 9.17) is 7.85 Å². The Labute approximate surface area is 73.4 Å². The van der Waals surface area contributed by atoms with Crippen LogP contribution in [0.1, 0.15) is 17.3 Å². The predicted molar refractivity (Wildman–Crippen MR) is 49.8 cm³/mol. The minimum atomic E-state index is -0.0789. The third-order valence-corrected chi connectivity index (χ3v) is 1.49. The molecule has 0 unspecified atom stereocenters. The van der Waals surface area contributed by atoms with E-state index in [0.717, 1.165) is 0 Å². The first kappa shape index (κ1) is 8.85. The maximum absolute atomic E-state index is 11.2. The summed E-state index contributed by atoms with van der Waals surface area (Å²) >= 11 is 0. The minimum Gasteiger partial charge on any atom is -0.352 e. The van der Waals surface area contributed by atoms with Crippen LogP contribution in [-0.4, -0.2) is 20.3 Å². The average molecular weight is 159 g/mol. The molecule has 0 aliphatic rings. The second kappa shape index (κ2) is 3.95. The van der Waals surface area contributed by atoms with Crippen LogP contribution < -0.4 is 10.8 Å². The molecule has 0 fully saturated rings. The van der Waals surface area contributed by atoms with Crippen molar-refractivity contribution in [3.8, 4) is 0 Å². The summed E-state index contributed by atoms with van der Waals surface area (Å²) in [4.78, 5) is 11.2. The van der Waals surface area contributed by atoms with Crippen molar-refractivity contribution in [1.82, 2.24) is 5.32 Å². The van der Waals surface area contributed by atoms with Crippen LogP contribution in [0.5, 0.6) is 0 Å². The Morgan fingerprint density at radius 1 is 1.58 bits per heavy atom. The highest BCUT2D eigenvalue weighted by atomic mass is 16.1. The molecule has 0 atom stereocenters. The van der Waals surface area contributed by atoms with Crippen molar-refractivity contribution in [2.24, 2.45) is 0 Å². The number of benzene rings is 1. The topological polar surface area (TPSA) is 29.1 Å². The number of rotatable bonds is 2. The van der Waals surface area contributed by atoms with Gasteiger partial charge in [0.2, 0.25) is 0 Å². The Bertz CT molecular complexity index is 286. The first-order valence-corrected chi connectivity index (χ1v) is 3.87. The van der Waals surface area contributed by atoms with Crippen molar-refractivity contribution < 1.29 is 4.79 Å². The molecule has 12 heavy (non-hydrogen) atoms. The van der Waals surface area contributed by atoms with Crippen LogP contribution >= 0.6 is 0 Å². The van der Waals surface area contributed by atoms with Crippen molar-refractivity contribution >= 4 is 19.2 Å². The molecule has 1 rings (SSSR count). The van der Waals surface area contributed by atoms with Crippen LogP contribution in [0.15, 0.2) is 24.3 Å². The zero-order chi connectivity index (χ0) is 8.97. The summed E-state index contributed by atoms with van der Waals surface area (Å²) in [6.07, 6.45) is 0. The van der Waals surface area contributed by atoms with Gasteiger partial charge in [-0.05, 0) is 13.0 Å². The van der Waals surface area contributed by atoms with Crippen LogP contribution in [0.25, 0.3) is 0 Å². The van der Waals surface area contributed by atoms with E-state index in [-0.39, 0.29) is 5.91 Å². The minimum absolute atomic E-state index is 0.0789. The highest BCUT2D eigenvalue weighted by Crippen LogP contribution is 1.94. The first-order chi connectivity index (χ1) is 5.74. The van der Waals surface area contributed by atoms with Crippen LogP contribution in [0.3, 0.4) is 0 Å². The Kier molecular flexibility index (Phi) is 2.91. The average Bonchev–Trinajstić information content (AvgIpc) is 2.05. The molecular weight excluding hydrogens is 149 g/mol. The molecule has 1 aromatic carbocycles. The van der Waals surface area contributed by atoms with Crippen molar-refractivity contribution in [1.29, 1.82) is 0 Å². The maximum Gasteiger partial charge on any atom is 0.251 e. The van der Waals surface area contributed by atoms with E-state index in [1.165, 1.54) is 0 Å². The third-order valence-electron chi connectivity index (χ3n) is 1.49. The lowest BCUT2D eigenvalue weighted by atomic mass is 9.94. The monoisotopic (exact) mass is 159 g/mol. The molecule has 0 saturated carbocycles. The molecule has 0 aliphatic carbocycles. The molecule has 0 aromatic heterocycles. The maximum atomic E-state index is 11.2. The number of carbonyl (C=O) groups excluding carboxylic acids is 1. The van der Waals surface area contributed by atoms with E-state index in [0.29, 0.717) is 17.6 Å². The Hall–Kier alpha value is -1.25. The van der Waals surface area contributed by atoms with E-state index in [2.05, 4.69) is 5.32 Å². The van der Waals surface area contributed by atoms with Gasteiger partial charge >= 0.3 is 0 Å². The van der Waals surface area contributed by atoms with Gasteiger partial charge in [0.15, 0.2) is 0 Å². The molecule has 2 nitrogen and oxygen atoms in total. The summed E-state index contributed by atoms with van der Waals surface area (Å²) < 4.78 is 0. The first-order valence-electron chi connectivity index (χ1n) is 3.87. The van der Waals surface area contributed by atoms with Crippen molar-refractivity contribution in [2.45, 2.75) is 6.92 Å². The molecule has 1 N–H and O–H groups in total. The van der Waals surface area contributed by atoms with E-state index < -0.39 is 0 Å². The summed E-state index contributed by atoms with van der Waals surface area (Å²) in [5.41, 5.74) is 1.22. The molecule has 1 aromatic rings. The molecule has 0 saturated heterocycles. The number of nitrogens with one attached hydrogen (secondary N) is 1. The molecule has 60 valence electrons. The van der Waals surface area contributed by atoms with Crippen LogP contribution in [0.4, 0.5) is 0 Å². The SMILES string of the molecule is [B]c1cccc(C(=O)NCC)c1. The normalized spacial score (nSPS) is 9.42. The zero-order valence-electron chi connectivity index (χ0n) is 7.00. The van der Waals surface area contributed by atoms with Gasteiger partial charge in [0.05, 0.1) is 0 Å². The second-order valence-electron chi connectivity index (χ2n) is 2.48. The molecule has 3 heteroatoms. The lowest BCUT2D eigenvalue weighted by Gasteiger charge is -2.02. The third kappa shape index (κ3) is 2.12. The van der Waals surface area contributed by atoms with Crippen molar-refractivity contribution in [2.75, 3.05) is 6.54 Å². The summed E-state index contributed by atoms with van der Waals surface area (Å²) in [5.74, 6) is -0.0789. The fraction of sp³-hybridized carbons (Fsp3) is 0.222. The number of hydrogen-bond acceptors (Lipinski definition) is 1. The van der Waals surface area contributed by atoms with Gasteiger partial charge in [-0.25, -0.2) is 0 Å². The Morgan fingerprint density at radius 2 is 2.33 bits per heavy atom. The molecule has 0 heterocycles. The predicted octanol–water partition coefficient (Wildman–Crippen LogP) is 0.230. The van der Waals surface area contributed by atoms with Crippen molar-refractivity contribution in [3.63, 3.8) is 0 Å². The highest BCUT2D eigenvalue weighted by molar-refractivity contribution is 6.32. The fourth-order valence-corrected chi connectivity index (χ4v) is 0.943. The number of hydrogen-bond donors (Lipinski definition) is 1. The number of amides is 1. The standard InChI is InChI=1S/C9H10BNO/c1-2-11-9(12)7-4-3-5-8(10)6-7/h3-6H,2H2,1H3,(H,11,12). The van der Waals surface area contributed by atoms with Gasteiger partial charge in [0.25, 0.3) is 5.91 Å². The van der Waals surface area contributed by atoms with E-state index in [1.807, 2.05) is 6.92 Å². The molecule has 0 bridgehead atoms. The largest absolute Gasteiger partial charge is 0.352 e. The van der Waals surface area contributed by atoms with Crippen LogP contribution in [0.2, 0.25) is 0 Å². The Balaban J connectivity index is 2.81. The van der Waals surface area contributed by atoms with Crippen LogP contribution in [-0.2, 0) is 0 Å². The van der Waals surface area contributed by atoms with Gasteiger partial charge in [0.1, 0.15) is 7.85 Å². The summed E-state index contributed by atoms with van der Waals surface area (Å²) in [6, 6.07) is 6.91. The van der Waals surface area contributed by atoms with E-state index in [1.54, 1.807) is 24.3 Å². The van der Waals surface area contributed by atoms with Crippen molar-refractivity contribution in [3.05, 3.63) is 29.8 Å². The lowest BCUT2D eigenvalue weighted by Crippen LogP contribution is -2.23. The molecule has 1 amide bonds. The molecule has 2 radical (unpaired) electrons. The van der Waals surface area contributed by atoms with Gasteiger partial charge < -0.3 is 5.32 Å². The molecule has 0 aliphatic heterocycles. The Morgan fingerprint density at radius 3 is 2.92 bits per heavy atom. The summed E-state index contributed by atoms with van der Waals surface area (Å²) in [7, 11) is 5.51. The molecular formula is C9H10BNO.